The van der Waals surface area contributed by atoms with Crippen molar-refractivity contribution in [2.75, 3.05) is 0 Å². The minimum absolute atomic E-state index is 0.498. The molecule has 1 atom stereocenters. The van der Waals surface area contributed by atoms with Crippen molar-refractivity contribution in [1.82, 2.24) is 0 Å². The van der Waals surface area contributed by atoms with Crippen LogP contribution in [-0.2, 0) is 0 Å². The summed E-state index contributed by atoms with van der Waals surface area (Å²) in [5.74, 6) is 1.26. The Kier molecular flexibility index (Phi) is 8.56. The highest BCUT2D eigenvalue weighted by atomic mass is 16.3. The van der Waals surface area contributed by atoms with E-state index >= 15 is 0 Å². The lowest BCUT2D eigenvalue weighted by atomic mass is 9.91. The van der Waals surface area contributed by atoms with Crippen molar-refractivity contribution < 1.29 is 4.42 Å². The van der Waals surface area contributed by atoms with Gasteiger partial charge in [-0.05, 0) is 112 Å². The van der Waals surface area contributed by atoms with Crippen molar-refractivity contribution in [2.24, 2.45) is 9.98 Å². The van der Waals surface area contributed by atoms with Gasteiger partial charge in [-0.1, -0.05) is 200 Å². The quantitative estimate of drug-likeness (QED) is 0.154. The van der Waals surface area contributed by atoms with E-state index in [0.29, 0.717) is 11.7 Å². The molecule has 0 N–H and O–H groups in total. The third kappa shape index (κ3) is 6.38. The predicted molar refractivity (Wildman–Crippen MR) is 272 cm³/mol. The lowest BCUT2D eigenvalue weighted by Gasteiger charge is -2.32. The summed E-state index contributed by atoms with van der Waals surface area (Å²) in [6.07, 6.45) is -0.498. The van der Waals surface area contributed by atoms with E-state index in [1.54, 1.807) is 0 Å². The molecule has 1 aliphatic rings. The van der Waals surface area contributed by atoms with E-state index in [1.165, 1.54) is 48.7 Å². The van der Waals surface area contributed by atoms with Crippen LogP contribution in [0.5, 0.6) is 0 Å². The fraction of sp³-hybridized carbons (Fsp3) is 0.0164. The third-order valence-corrected chi connectivity index (χ3v) is 13.0. The van der Waals surface area contributed by atoms with E-state index in [1.807, 2.05) is 30.3 Å². The van der Waals surface area contributed by atoms with Crippen molar-refractivity contribution in [3.05, 3.63) is 246 Å². The maximum Gasteiger partial charge on any atom is 0.143 e. The second-order valence-corrected chi connectivity index (χ2v) is 16.9. The van der Waals surface area contributed by atoms with E-state index in [9.17, 15) is 0 Å². The summed E-state index contributed by atoms with van der Waals surface area (Å²) < 4.78 is 7.04. The summed E-state index contributed by atoms with van der Waals surface area (Å²) in [4.78, 5) is 10.6. The van der Waals surface area contributed by atoms with Gasteiger partial charge in [-0.25, -0.2) is 0 Å². The Labute approximate surface area is 375 Å². The molecule has 0 bridgehead atoms. The maximum atomic E-state index is 7.04. The molecule has 0 aliphatic carbocycles. The molecule has 0 saturated heterocycles. The van der Waals surface area contributed by atoms with Gasteiger partial charge in [-0.3, -0.25) is 4.99 Å². The van der Waals surface area contributed by atoms with Crippen LogP contribution in [0.25, 0.3) is 104 Å². The highest BCUT2D eigenvalue weighted by molar-refractivity contribution is 6.25. The zero-order valence-corrected chi connectivity index (χ0v) is 35.2. The topological polar surface area (TPSA) is 52.0 Å². The van der Waals surface area contributed by atoms with Gasteiger partial charge >= 0.3 is 0 Å². The first-order valence-corrected chi connectivity index (χ1v) is 22.1. The first-order valence-electron chi connectivity index (χ1n) is 22.1. The van der Waals surface area contributed by atoms with Gasteiger partial charge < -0.3 is 14.7 Å². The Hall–Kier alpha value is -8.60. The molecule has 4 nitrogen and oxygen atoms in total. The van der Waals surface area contributed by atoms with Crippen LogP contribution in [0.4, 0.5) is 0 Å². The summed E-state index contributed by atoms with van der Waals surface area (Å²) in [5, 5.41) is 16.9. The lowest BCUT2D eigenvalue weighted by molar-refractivity contribution is 0.670. The molecule has 304 valence electrons. The molecular weight excluding hydrogens is 791 g/mol. The smallest absolute Gasteiger partial charge is 0.143 e. The number of amidine groups is 2. The van der Waals surface area contributed by atoms with Gasteiger partial charge in [0.25, 0.3) is 0 Å². The van der Waals surface area contributed by atoms with Crippen LogP contribution in [0.1, 0.15) is 22.9 Å². The molecule has 13 rings (SSSR count). The highest BCUT2D eigenvalue weighted by Crippen LogP contribution is 2.44. The van der Waals surface area contributed by atoms with Crippen LogP contribution in [-0.4, -0.2) is 11.7 Å². The maximum absolute atomic E-state index is 7.04. The Morgan fingerprint density at radius 1 is 0.369 bits per heavy atom. The predicted octanol–water partition coefficient (Wildman–Crippen LogP) is 16.5. The highest BCUT2D eigenvalue weighted by Gasteiger charge is 2.21. The van der Waals surface area contributed by atoms with Gasteiger partial charge in [0.05, 0.1) is 12.0 Å². The number of fused-ring (bicyclic) bond motifs is 9. The first-order chi connectivity index (χ1) is 32.2. The molecule has 0 spiro atoms. The monoisotopic (exact) mass is 828 g/mol. The average Bonchev–Trinajstić information content (AvgIpc) is 3.77. The van der Waals surface area contributed by atoms with Crippen LogP contribution < -0.4 is 0 Å². The van der Waals surface area contributed by atoms with E-state index in [-0.39, 0.29) is 0 Å². The van der Waals surface area contributed by atoms with Gasteiger partial charge in [-0.15, -0.1) is 0 Å². The lowest BCUT2D eigenvalue weighted by Crippen LogP contribution is -2.16. The molecule has 2 heterocycles. The van der Waals surface area contributed by atoms with Crippen LogP contribution in [0, 0.1) is 0 Å². The minimum Gasteiger partial charge on any atom is -0.455 e. The molecule has 12 aromatic rings. The van der Waals surface area contributed by atoms with Crippen molar-refractivity contribution in [2.45, 2.75) is 6.17 Å². The van der Waals surface area contributed by atoms with Gasteiger partial charge in [0, 0.05) is 21.9 Å². The fourth-order valence-corrected chi connectivity index (χ4v) is 9.75. The van der Waals surface area contributed by atoms with Crippen molar-refractivity contribution in [3.63, 3.8) is 0 Å². The Bertz CT molecular complexity index is 3900. The SMILES string of the molecule is c1ccc(C2=NC(c3cccc4oc5c(-c6ccc7ccc8ccccc8c7c6)cc(-c6ccc7ccc8ccccc8c7c6)cc5c34)=NC(c3ccc(-c4ccccc4)cc3)[N-]2)cc1. The van der Waals surface area contributed by atoms with Crippen LogP contribution in [0.2, 0.25) is 0 Å². The summed E-state index contributed by atoms with van der Waals surface area (Å²) in [6, 6.07) is 79.8. The molecule has 1 aromatic heterocycles. The standard InChI is InChI=1S/C61H38N3O/c1-3-12-38(13-4-1)39-22-30-45(31-23-39)60-62-59(44-16-5-2-6-17-44)63-61(64-60)51-20-11-21-56-57(51)55-37-48(46-32-28-42-26-24-40-14-7-9-18-49(40)52(42)34-46)36-54(58(55)65-56)47-33-29-43-27-25-41-15-8-10-19-50(41)53(43)35-47/h1-37,60H/q-1. The molecule has 0 radical (unpaired) electrons. The van der Waals surface area contributed by atoms with Gasteiger partial charge in [0.2, 0.25) is 0 Å². The summed E-state index contributed by atoms with van der Waals surface area (Å²) in [7, 11) is 0. The van der Waals surface area contributed by atoms with Crippen LogP contribution in [0.15, 0.2) is 239 Å². The molecule has 4 heteroatoms. The van der Waals surface area contributed by atoms with E-state index < -0.39 is 6.17 Å². The third-order valence-electron chi connectivity index (χ3n) is 13.0. The Morgan fingerprint density at radius 3 is 1.60 bits per heavy atom. The fourth-order valence-electron chi connectivity index (χ4n) is 9.75. The van der Waals surface area contributed by atoms with Crippen molar-refractivity contribution in [1.29, 1.82) is 0 Å². The second-order valence-electron chi connectivity index (χ2n) is 16.9. The van der Waals surface area contributed by atoms with Gasteiger partial charge in [0.1, 0.15) is 11.2 Å². The number of benzene rings is 11. The second kappa shape index (κ2) is 15.0. The zero-order chi connectivity index (χ0) is 42.8. The molecule has 1 aliphatic heterocycles. The Balaban J connectivity index is 1.04. The van der Waals surface area contributed by atoms with Gasteiger partial charge in [-0.2, -0.15) is 0 Å². The molecule has 1 unspecified atom stereocenters. The summed E-state index contributed by atoms with van der Waals surface area (Å²) >= 11 is 0. The number of aliphatic imine (C=N–C) groups is 2. The van der Waals surface area contributed by atoms with E-state index in [0.717, 1.165) is 66.4 Å². The van der Waals surface area contributed by atoms with Crippen molar-refractivity contribution in [3.8, 4) is 33.4 Å². The van der Waals surface area contributed by atoms with E-state index in [4.69, 9.17) is 19.7 Å². The summed E-state index contributed by atoms with van der Waals surface area (Å²) in [5.41, 5.74) is 11.1. The minimum atomic E-state index is -0.498. The summed E-state index contributed by atoms with van der Waals surface area (Å²) in [6.45, 7) is 0. The molecular formula is C61H38N3O-. The number of furan rings is 1. The van der Waals surface area contributed by atoms with Crippen LogP contribution >= 0.6 is 0 Å². The number of rotatable bonds is 6. The first kappa shape index (κ1) is 37.0. The number of hydrogen-bond acceptors (Lipinski definition) is 3. The van der Waals surface area contributed by atoms with Gasteiger partial charge in [0.15, 0.2) is 0 Å². The molecule has 11 aromatic carbocycles. The molecule has 0 fully saturated rings. The molecule has 0 amide bonds. The molecule has 0 saturated carbocycles. The van der Waals surface area contributed by atoms with Crippen LogP contribution in [0.3, 0.4) is 0 Å². The number of hydrogen-bond donors (Lipinski definition) is 0. The zero-order valence-electron chi connectivity index (χ0n) is 35.2. The largest absolute Gasteiger partial charge is 0.455 e. The Morgan fingerprint density at radius 2 is 0.908 bits per heavy atom. The molecule has 65 heavy (non-hydrogen) atoms. The van der Waals surface area contributed by atoms with Crippen molar-refractivity contribution >= 4 is 76.7 Å². The normalized spacial score (nSPS) is 14.0. The average molecular weight is 829 g/mol. The number of nitrogens with zero attached hydrogens (tertiary/aromatic N) is 3. The van der Waals surface area contributed by atoms with E-state index in [2.05, 4.69) is 194 Å².